The van der Waals surface area contributed by atoms with E-state index >= 15 is 0 Å². The Kier molecular flexibility index (Phi) is 8.60. The molecule has 3 aromatic carbocycles. The van der Waals surface area contributed by atoms with Crippen molar-refractivity contribution in [3.05, 3.63) is 101 Å². The molecule has 40 heavy (non-hydrogen) atoms. The highest BCUT2D eigenvalue weighted by Gasteiger charge is 2.23. The van der Waals surface area contributed by atoms with Crippen LogP contribution in [-0.2, 0) is 6.61 Å². The summed E-state index contributed by atoms with van der Waals surface area (Å²) in [6.07, 6.45) is 6.94. The van der Waals surface area contributed by atoms with E-state index in [1.54, 1.807) is 30.5 Å². The number of hydrogen-bond donors (Lipinski definition) is 0. The van der Waals surface area contributed by atoms with Gasteiger partial charge < -0.3 is 9.47 Å². The van der Waals surface area contributed by atoms with Crippen LogP contribution < -0.4 is 15.0 Å². The second-order valence-electron chi connectivity index (χ2n) is 9.52. The molecule has 0 atom stereocenters. The van der Waals surface area contributed by atoms with E-state index in [-0.39, 0.29) is 23.8 Å². The van der Waals surface area contributed by atoms with Crippen LogP contribution >= 0.6 is 31.9 Å². The van der Waals surface area contributed by atoms with Gasteiger partial charge >= 0.3 is 0 Å². The number of para-hydroxylation sites is 1. The van der Waals surface area contributed by atoms with Crippen molar-refractivity contribution in [2.75, 3.05) is 7.11 Å². The van der Waals surface area contributed by atoms with Crippen molar-refractivity contribution >= 4 is 54.7 Å². The first-order chi connectivity index (χ1) is 19.4. The summed E-state index contributed by atoms with van der Waals surface area (Å²) >= 11 is 7.19. The monoisotopic (exact) mass is 668 g/mol. The van der Waals surface area contributed by atoms with E-state index in [1.165, 1.54) is 30.3 Å². The first kappa shape index (κ1) is 28.0. The van der Waals surface area contributed by atoms with E-state index in [9.17, 15) is 14.9 Å². The third kappa shape index (κ3) is 5.80. The van der Waals surface area contributed by atoms with Crippen molar-refractivity contribution in [1.29, 1.82) is 0 Å². The van der Waals surface area contributed by atoms with Gasteiger partial charge in [-0.05, 0) is 68.5 Å². The molecule has 1 aliphatic carbocycles. The SMILES string of the molecule is COc1cc(C=Nn2c(C3CCCCC3)nc3ccccc3c2=O)c(Br)c(Br)c1OCc1cccc([N+](=O)[O-])c1. The molecule has 0 spiro atoms. The number of hydrogen-bond acceptors (Lipinski definition) is 7. The number of ether oxygens (including phenoxy) is 2. The Morgan fingerprint density at radius 3 is 2.62 bits per heavy atom. The number of halogens is 2. The zero-order valence-electron chi connectivity index (χ0n) is 21.7. The molecular formula is C29H26Br2N4O5. The van der Waals surface area contributed by atoms with Crippen LogP contribution in [0.5, 0.6) is 11.5 Å². The third-order valence-electron chi connectivity index (χ3n) is 6.94. The van der Waals surface area contributed by atoms with Crippen molar-refractivity contribution in [3.8, 4) is 11.5 Å². The molecule has 4 aromatic rings. The van der Waals surface area contributed by atoms with Crippen LogP contribution in [0.2, 0.25) is 0 Å². The molecule has 9 nitrogen and oxygen atoms in total. The maximum Gasteiger partial charge on any atom is 0.282 e. The van der Waals surface area contributed by atoms with Crippen molar-refractivity contribution < 1.29 is 14.4 Å². The summed E-state index contributed by atoms with van der Waals surface area (Å²) in [6, 6.07) is 15.4. The number of fused-ring (bicyclic) bond motifs is 1. The Labute approximate surface area is 247 Å². The molecule has 206 valence electrons. The summed E-state index contributed by atoms with van der Waals surface area (Å²) in [5, 5.41) is 16.3. The molecule has 0 N–H and O–H groups in total. The minimum absolute atomic E-state index is 0.00844. The fraction of sp³-hybridized carbons (Fsp3) is 0.276. The maximum atomic E-state index is 13.5. The topological polar surface area (TPSA) is 109 Å². The van der Waals surface area contributed by atoms with Crippen LogP contribution in [0, 0.1) is 10.1 Å². The quantitative estimate of drug-likeness (QED) is 0.110. The van der Waals surface area contributed by atoms with Gasteiger partial charge in [-0.15, -0.1) is 0 Å². The number of aromatic nitrogens is 2. The van der Waals surface area contributed by atoms with Gasteiger partial charge in [0.2, 0.25) is 0 Å². The number of benzene rings is 3. The summed E-state index contributed by atoms with van der Waals surface area (Å²) in [4.78, 5) is 29.1. The average molecular weight is 670 g/mol. The van der Waals surface area contributed by atoms with Crippen molar-refractivity contribution in [2.24, 2.45) is 5.10 Å². The minimum atomic E-state index is -0.444. The molecule has 0 bridgehead atoms. The first-order valence-corrected chi connectivity index (χ1v) is 14.4. The van der Waals surface area contributed by atoms with Crippen LogP contribution in [0.3, 0.4) is 0 Å². The van der Waals surface area contributed by atoms with Crippen LogP contribution in [-0.4, -0.2) is 27.9 Å². The minimum Gasteiger partial charge on any atom is -0.493 e. The van der Waals surface area contributed by atoms with Gasteiger partial charge in [0, 0.05) is 28.1 Å². The smallest absolute Gasteiger partial charge is 0.282 e. The lowest BCUT2D eigenvalue weighted by atomic mass is 9.88. The molecular weight excluding hydrogens is 644 g/mol. The second kappa shape index (κ2) is 12.3. The van der Waals surface area contributed by atoms with Gasteiger partial charge in [0.15, 0.2) is 11.5 Å². The molecule has 0 amide bonds. The highest BCUT2D eigenvalue weighted by Crippen LogP contribution is 2.43. The second-order valence-corrected chi connectivity index (χ2v) is 11.1. The summed E-state index contributed by atoms with van der Waals surface area (Å²) in [5.41, 5.74) is 1.76. The van der Waals surface area contributed by atoms with E-state index in [2.05, 4.69) is 37.0 Å². The standard InChI is InChI=1S/C29H26Br2N4O5/c1-39-24-15-20(25(30)26(31)27(24)40-17-18-8-7-11-21(14-18)35(37)38)16-32-34-28(19-9-3-2-4-10-19)33-23-13-6-5-12-22(23)29(34)36/h5-8,11-16,19H,2-4,9-10,17H2,1H3. The fourth-order valence-corrected chi connectivity index (χ4v) is 5.83. The Balaban J connectivity index is 1.50. The maximum absolute atomic E-state index is 13.5. The van der Waals surface area contributed by atoms with Crippen LogP contribution in [0.25, 0.3) is 10.9 Å². The highest BCUT2D eigenvalue weighted by molar-refractivity contribution is 9.13. The van der Waals surface area contributed by atoms with Crippen molar-refractivity contribution in [3.63, 3.8) is 0 Å². The van der Waals surface area contributed by atoms with Crippen LogP contribution in [0.4, 0.5) is 5.69 Å². The van der Waals surface area contributed by atoms with E-state index in [0.717, 1.165) is 25.7 Å². The predicted molar refractivity (Wildman–Crippen MR) is 161 cm³/mol. The van der Waals surface area contributed by atoms with E-state index in [0.29, 0.717) is 48.3 Å². The van der Waals surface area contributed by atoms with Crippen LogP contribution in [0.15, 0.2) is 73.4 Å². The summed E-state index contributed by atoms with van der Waals surface area (Å²) in [5.74, 6) is 1.69. The molecule has 0 unspecified atom stereocenters. The Morgan fingerprint density at radius 1 is 1.10 bits per heavy atom. The normalized spacial score (nSPS) is 14.1. The van der Waals surface area contributed by atoms with E-state index in [4.69, 9.17) is 14.5 Å². The predicted octanol–water partition coefficient (Wildman–Crippen LogP) is 7.35. The Bertz CT molecular complexity index is 1660. The highest BCUT2D eigenvalue weighted by atomic mass is 79.9. The summed E-state index contributed by atoms with van der Waals surface area (Å²) in [7, 11) is 1.52. The lowest BCUT2D eigenvalue weighted by Gasteiger charge is -2.22. The molecule has 1 heterocycles. The summed E-state index contributed by atoms with van der Waals surface area (Å²) in [6.45, 7) is 0.0966. The molecule has 1 aliphatic rings. The third-order valence-corrected chi connectivity index (χ3v) is 9.08. The largest absolute Gasteiger partial charge is 0.493 e. The molecule has 1 fully saturated rings. The van der Waals surface area contributed by atoms with Crippen molar-refractivity contribution in [2.45, 2.75) is 44.6 Å². The van der Waals surface area contributed by atoms with Gasteiger partial charge in [0.25, 0.3) is 11.2 Å². The molecule has 0 radical (unpaired) electrons. The number of rotatable bonds is 8. The number of nitro groups is 1. The van der Waals surface area contributed by atoms with Gasteiger partial charge in [-0.2, -0.15) is 9.78 Å². The zero-order chi connectivity index (χ0) is 28.2. The molecule has 11 heteroatoms. The van der Waals surface area contributed by atoms with Gasteiger partial charge in [0.1, 0.15) is 12.4 Å². The lowest BCUT2D eigenvalue weighted by molar-refractivity contribution is -0.384. The lowest BCUT2D eigenvalue weighted by Crippen LogP contribution is -2.25. The van der Waals surface area contributed by atoms with Gasteiger partial charge in [-0.3, -0.25) is 14.9 Å². The van der Waals surface area contributed by atoms with Crippen molar-refractivity contribution in [1.82, 2.24) is 9.66 Å². The Morgan fingerprint density at radius 2 is 1.88 bits per heavy atom. The van der Waals surface area contributed by atoms with Gasteiger partial charge in [0.05, 0.1) is 33.6 Å². The van der Waals surface area contributed by atoms with Crippen LogP contribution in [0.1, 0.15) is 55.0 Å². The summed E-state index contributed by atoms with van der Waals surface area (Å²) < 4.78 is 14.3. The Hall–Kier alpha value is -3.57. The molecule has 5 rings (SSSR count). The molecule has 0 aliphatic heterocycles. The van der Waals surface area contributed by atoms with Gasteiger partial charge in [-0.25, -0.2) is 4.98 Å². The number of non-ortho nitro benzene ring substituents is 1. The van der Waals surface area contributed by atoms with E-state index < -0.39 is 4.92 Å². The first-order valence-electron chi connectivity index (χ1n) is 12.9. The molecule has 1 aromatic heterocycles. The number of nitrogens with zero attached hydrogens (tertiary/aromatic N) is 4. The number of nitro benzene ring substituents is 1. The zero-order valence-corrected chi connectivity index (χ0v) is 24.9. The molecule has 1 saturated carbocycles. The fourth-order valence-electron chi connectivity index (χ4n) is 4.90. The molecule has 0 saturated heterocycles. The average Bonchev–Trinajstić information content (AvgIpc) is 2.98. The number of methoxy groups -OCH3 is 1. The van der Waals surface area contributed by atoms with E-state index in [1.807, 2.05) is 18.2 Å². The van der Waals surface area contributed by atoms with Gasteiger partial charge in [-0.1, -0.05) is 43.5 Å².